The summed E-state index contributed by atoms with van der Waals surface area (Å²) < 4.78 is 18.4. The first kappa shape index (κ1) is 17.7. The van der Waals surface area contributed by atoms with E-state index in [1.54, 1.807) is 23.1 Å². The third-order valence-corrected chi connectivity index (χ3v) is 4.67. The minimum Gasteiger partial charge on any atom is -0.494 e. The fraction of sp³-hybridized carbons (Fsp3) is 0.0909. The molecule has 0 saturated carbocycles. The van der Waals surface area contributed by atoms with Gasteiger partial charge in [0, 0.05) is 22.9 Å². The summed E-state index contributed by atoms with van der Waals surface area (Å²) in [5.41, 5.74) is 3.13. The summed E-state index contributed by atoms with van der Waals surface area (Å²) in [4.78, 5) is 26.7. The molecule has 0 bridgehead atoms. The van der Waals surface area contributed by atoms with Crippen molar-refractivity contribution in [2.75, 3.05) is 17.3 Å². The summed E-state index contributed by atoms with van der Waals surface area (Å²) in [6, 6.07) is 17.9. The Kier molecular flexibility index (Phi) is 4.53. The second-order valence-corrected chi connectivity index (χ2v) is 6.39. The first-order valence-electron chi connectivity index (χ1n) is 8.71. The van der Waals surface area contributed by atoms with E-state index in [-0.39, 0.29) is 11.8 Å². The van der Waals surface area contributed by atoms with Crippen LogP contribution in [0.5, 0.6) is 5.75 Å². The minimum absolute atomic E-state index is 0.0687. The fourth-order valence-electron chi connectivity index (χ4n) is 3.21. The Hall–Kier alpha value is -3.67. The Morgan fingerprint density at radius 3 is 2.54 bits per heavy atom. The number of carbonyl (C=O) groups excluding carboxylic acids is 2. The standard InChI is InChI=1S/C22H17FN2O3/c1-28-20-12-17(25-13-15-4-2-3-5-18(15)22(25)27)10-11-19(20)24-21(26)14-6-8-16(23)9-7-14/h2-12H,13H2,1H3,(H,24,26). The van der Waals surface area contributed by atoms with Crippen LogP contribution in [0.25, 0.3) is 0 Å². The monoisotopic (exact) mass is 376 g/mol. The number of ether oxygens (including phenoxy) is 1. The van der Waals surface area contributed by atoms with Gasteiger partial charge >= 0.3 is 0 Å². The summed E-state index contributed by atoms with van der Waals surface area (Å²) in [5, 5.41) is 2.75. The molecule has 0 unspecified atom stereocenters. The predicted octanol–water partition coefficient (Wildman–Crippen LogP) is 4.25. The maximum absolute atomic E-state index is 13.0. The molecule has 2 amide bonds. The third kappa shape index (κ3) is 3.20. The average Bonchev–Trinajstić information content (AvgIpc) is 3.05. The number of benzene rings is 3. The van der Waals surface area contributed by atoms with Gasteiger partial charge in [0.25, 0.3) is 11.8 Å². The predicted molar refractivity (Wildman–Crippen MR) is 104 cm³/mol. The van der Waals surface area contributed by atoms with E-state index in [2.05, 4.69) is 5.32 Å². The van der Waals surface area contributed by atoms with Crippen LogP contribution < -0.4 is 15.0 Å². The normalized spacial score (nSPS) is 12.6. The minimum atomic E-state index is -0.408. The van der Waals surface area contributed by atoms with E-state index < -0.39 is 5.82 Å². The van der Waals surface area contributed by atoms with Gasteiger partial charge in [-0.1, -0.05) is 18.2 Å². The molecule has 3 aromatic carbocycles. The molecule has 0 saturated heterocycles. The Labute approximate surface area is 161 Å². The Morgan fingerprint density at radius 1 is 1.07 bits per heavy atom. The molecule has 28 heavy (non-hydrogen) atoms. The first-order chi connectivity index (χ1) is 13.6. The van der Waals surface area contributed by atoms with Crippen molar-refractivity contribution in [1.29, 1.82) is 0 Å². The molecule has 0 spiro atoms. The molecule has 0 atom stereocenters. The summed E-state index contributed by atoms with van der Waals surface area (Å²) in [6.07, 6.45) is 0. The number of halogens is 1. The van der Waals surface area contributed by atoms with Crippen LogP contribution in [0, 0.1) is 5.82 Å². The molecule has 1 aliphatic rings. The smallest absolute Gasteiger partial charge is 0.258 e. The first-order valence-corrected chi connectivity index (χ1v) is 8.71. The van der Waals surface area contributed by atoms with Gasteiger partial charge in [-0.05, 0) is 48.0 Å². The number of rotatable bonds is 4. The van der Waals surface area contributed by atoms with E-state index in [1.165, 1.54) is 31.4 Å². The molecular weight excluding hydrogens is 359 g/mol. The lowest BCUT2D eigenvalue weighted by molar-refractivity contribution is 0.0994. The van der Waals surface area contributed by atoms with Crippen LogP contribution in [-0.2, 0) is 6.54 Å². The van der Waals surface area contributed by atoms with Crippen LogP contribution in [0.2, 0.25) is 0 Å². The van der Waals surface area contributed by atoms with Crippen molar-refractivity contribution in [1.82, 2.24) is 0 Å². The number of hydrogen-bond donors (Lipinski definition) is 1. The van der Waals surface area contributed by atoms with Crippen molar-refractivity contribution in [2.24, 2.45) is 0 Å². The molecule has 0 fully saturated rings. The topological polar surface area (TPSA) is 58.6 Å². The Bertz CT molecular complexity index is 1060. The van der Waals surface area contributed by atoms with Gasteiger partial charge < -0.3 is 15.0 Å². The second-order valence-electron chi connectivity index (χ2n) is 6.39. The van der Waals surface area contributed by atoms with Crippen molar-refractivity contribution in [3.05, 3.63) is 89.2 Å². The maximum atomic E-state index is 13.0. The van der Waals surface area contributed by atoms with Crippen molar-refractivity contribution >= 4 is 23.2 Å². The zero-order chi connectivity index (χ0) is 19.7. The van der Waals surface area contributed by atoms with Crippen LogP contribution >= 0.6 is 0 Å². The van der Waals surface area contributed by atoms with E-state index in [9.17, 15) is 14.0 Å². The molecule has 4 rings (SSSR count). The molecule has 3 aromatic rings. The highest BCUT2D eigenvalue weighted by atomic mass is 19.1. The number of carbonyl (C=O) groups is 2. The Balaban J connectivity index is 1.58. The highest BCUT2D eigenvalue weighted by Gasteiger charge is 2.28. The molecular formula is C22H17FN2O3. The Morgan fingerprint density at radius 2 is 1.82 bits per heavy atom. The van der Waals surface area contributed by atoms with Gasteiger partial charge in [0.05, 0.1) is 19.3 Å². The summed E-state index contributed by atoms with van der Waals surface area (Å²) in [5.74, 6) is -0.428. The number of methoxy groups -OCH3 is 1. The highest BCUT2D eigenvalue weighted by molar-refractivity contribution is 6.10. The van der Waals surface area contributed by atoms with Crippen molar-refractivity contribution in [2.45, 2.75) is 6.54 Å². The zero-order valence-corrected chi connectivity index (χ0v) is 15.1. The SMILES string of the molecule is COc1cc(N2Cc3ccccc3C2=O)ccc1NC(=O)c1ccc(F)cc1. The molecule has 0 aliphatic carbocycles. The molecule has 6 heteroatoms. The van der Waals surface area contributed by atoms with Gasteiger partial charge in [0.1, 0.15) is 11.6 Å². The lowest BCUT2D eigenvalue weighted by Gasteiger charge is -2.18. The van der Waals surface area contributed by atoms with Crippen molar-refractivity contribution in [3.63, 3.8) is 0 Å². The van der Waals surface area contributed by atoms with Crippen molar-refractivity contribution in [3.8, 4) is 5.75 Å². The van der Waals surface area contributed by atoms with Gasteiger partial charge in [-0.3, -0.25) is 9.59 Å². The van der Waals surface area contributed by atoms with Crippen LogP contribution in [-0.4, -0.2) is 18.9 Å². The number of anilines is 2. The van der Waals surface area contributed by atoms with Crippen molar-refractivity contribution < 1.29 is 18.7 Å². The van der Waals surface area contributed by atoms with Gasteiger partial charge in [0.2, 0.25) is 0 Å². The third-order valence-electron chi connectivity index (χ3n) is 4.67. The summed E-state index contributed by atoms with van der Waals surface area (Å²) in [6.45, 7) is 0.486. The van der Waals surface area contributed by atoms with E-state index >= 15 is 0 Å². The number of hydrogen-bond acceptors (Lipinski definition) is 3. The number of amides is 2. The van der Waals surface area contributed by atoms with Gasteiger partial charge in [-0.2, -0.15) is 0 Å². The zero-order valence-electron chi connectivity index (χ0n) is 15.1. The largest absolute Gasteiger partial charge is 0.494 e. The highest BCUT2D eigenvalue weighted by Crippen LogP contribution is 2.34. The lowest BCUT2D eigenvalue weighted by Crippen LogP contribution is -2.23. The van der Waals surface area contributed by atoms with E-state index in [4.69, 9.17) is 4.74 Å². The van der Waals surface area contributed by atoms with E-state index in [0.29, 0.717) is 34.8 Å². The molecule has 1 N–H and O–H groups in total. The van der Waals surface area contributed by atoms with Crippen LogP contribution in [0.3, 0.4) is 0 Å². The van der Waals surface area contributed by atoms with Gasteiger partial charge in [0.15, 0.2) is 0 Å². The van der Waals surface area contributed by atoms with Gasteiger partial charge in [-0.15, -0.1) is 0 Å². The number of nitrogens with zero attached hydrogens (tertiary/aromatic N) is 1. The molecule has 0 radical (unpaired) electrons. The number of nitrogens with one attached hydrogen (secondary N) is 1. The van der Waals surface area contributed by atoms with E-state index in [1.807, 2.05) is 24.3 Å². The quantitative estimate of drug-likeness (QED) is 0.741. The molecule has 1 aliphatic heterocycles. The molecule has 5 nitrogen and oxygen atoms in total. The van der Waals surface area contributed by atoms with Gasteiger partial charge in [-0.25, -0.2) is 4.39 Å². The number of fused-ring (bicyclic) bond motifs is 1. The summed E-state index contributed by atoms with van der Waals surface area (Å²) >= 11 is 0. The lowest BCUT2D eigenvalue weighted by atomic mass is 10.1. The molecule has 1 heterocycles. The molecule has 140 valence electrons. The summed E-state index contributed by atoms with van der Waals surface area (Å²) in [7, 11) is 1.49. The maximum Gasteiger partial charge on any atom is 0.258 e. The van der Waals surface area contributed by atoms with Crippen LogP contribution in [0.4, 0.5) is 15.8 Å². The average molecular weight is 376 g/mol. The second kappa shape index (κ2) is 7.15. The molecule has 0 aromatic heterocycles. The van der Waals surface area contributed by atoms with Crippen LogP contribution in [0.15, 0.2) is 66.7 Å². The van der Waals surface area contributed by atoms with Crippen LogP contribution in [0.1, 0.15) is 26.3 Å². The van der Waals surface area contributed by atoms with E-state index in [0.717, 1.165) is 5.56 Å². The fourth-order valence-corrected chi connectivity index (χ4v) is 3.21.